The Labute approximate surface area is 92.3 Å². The molecule has 0 amide bonds. The molecule has 0 radical (unpaired) electrons. The summed E-state index contributed by atoms with van der Waals surface area (Å²) in [7, 11) is 0. The van der Waals surface area contributed by atoms with Crippen molar-refractivity contribution in [2.24, 2.45) is 0 Å². The van der Waals surface area contributed by atoms with Crippen molar-refractivity contribution in [3.8, 4) is 0 Å². The highest BCUT2D eigenvalue weighted by molar-refractivity contribution is 7.11. The first-order valence-corrected chi connectivity index (χ1v) is 5.60. The highest BCUT2D eigenvalue weighted by Crippen LogP contribution is 2.16. The van der Waals surface area contributed by atoms with E-state index in [1.165, 1.54) is 4.88 Å². The van der Waals surface area contributed by atoms with Crippen LogP contribution in [-0.2, 0) is 13.1 Å². The quantitative estimate of drug-likeness (QED) is 0.861. The van der Waals surface area contributed by atoms with Crippen LogP contribution in [0.4, 0.5) is 0 Å². The normalized spacial score (nSPS) is 10.8. The maximum atomic E-state index is 4.75. The minimum Gasteiger partial charge on any atom is -0.364 e. The predicted molar refractivity (Wildman–Crippen MR) is 58.6 cm³/mol. The molecule has 0 saturated carbocycles. The number of nitrogens with zero attached hydrogens (tertiary/aromatic N) is 2. The van der Waals surface area contributed by atoms with Crippen molar-refractivity contribution in [1.82, 2.24) is 15.5 Å². The van der Waals surface area contributed by atoms with Crippen LogP contribution < -0.4 is 5.32 Å². The van der Waals surface area contributed by atoms with Crippen molar-refractivity contribution >= 4 is 11.3 Å². The van der Waals surface area contributed by atoms with E-state index in [1.807, 2.05) is 19.9 Å². The van der Waals surface area contributed by atoms with Crippen molar-refractivity contribution in [2.45, 2.75) is 26.9 Å². The van der Waals surface area contributed by atoms with Crippen molar-refractivity contribution in [3.05, 3.63) is 33.6 Å². The fourth-order valence-corrected chi connectivity index (χ4v) is 2.28. The first kappa shape index (κ1) is 10.3. The Kier molecular flexibility index (Phi) is 3.13. The summed E-state index contributed by atoms with van der Waals surface area (Å²) in [6.45, 7) is 5.63. The van der Waals surface area contributed by atoms with Gasteiger partial charge in [0.05, 0.1) is 16.4 Å². The van der Waals surface area contributed by atoms with Crippen LogP contribution in [0.2, 0.25) is 0 Å². The summed E-state index contributed by atoms with van der Waals surface area (Å²) >= 11 is 1.73. The molecule has 0 spiro atoms. The van der Waals surface area contributed by atoms with Gasteiger partial charge in [0.2, 0.25) is 0 Å². The summed E-state index contributed by atoms with van der Waals surface area (Å²) in [4.78, 5) is 5.66. The Bertz CT molecular complexity index is 422. The number of hydrogen-bond donors (Lipinski definition) is 1. The summed E-state index contributed by atoms with van der Waals surface area (Å²) in [6.07, 6.45) is 1.58. The molecule has 0 bridgehead atoms. The van der Waals surface area contributed by atoms with Gasteiger partial charge in [-0.2, -0.15) is 0 Å². The van der Waals surface area contributed by atoms with Gasteiger partial charge in [0.25, 0.3) is 0 Å². The molecule has 2 aromatic heterocycles. The molecule has 15 heavy (non-hydrogen) atoms. The van der Waals surface area contributed by atoms with Crippen LogP contribution in [-0.4, -0.2) is 10.1 Å². The predicted octanol–water partition coefficient (Wildman–Crippen LogP) is 2.04. The first-order valence-electron chi connectivity index (χ1n) is 4.78. The van der Waals surface area contributed by atoms with E-state index < -0.39 is 0 Å². The van der Waals surface area contributed by atoms with Gasteiger partial charge in [-0.1, -0.05) is 5.16 Å². The maximum absolute atomic E-state index is 4.75. The molecular weight excluding hydrogens is 210 g/mol. The van der Waals surface area contributed by atoms with Gasteiger partial charge in [0, 0.05) is 24.0 Å². The maximum Gasteiger partial charge on any atom is 0.124 e. The summed E-state index contributed by atoms with van der Waals surface area (Å²) in [5, 5.41) is 8.25. The van der Waals surface area contributed by atoms with Gasteiger partial charge in [0.15, 0.2) is 0 Å². The lowest BCUT2D eigenvalue weighted by Gasteiger charge is -1.99. The van der Waals surface area contributed by atoms with E-state index in [9.17, 15) is 0 Å². The van der Waals surface area contributed by atoms with Gasteiger partial charge < -0.3 is 9.84 Å². The van der Waals surface area contributed by atoms with Gasteiger partial charge in [-0.05, 0) is 13.8 Å². The lowest BCUT2D eigenvalue weighted by molar-refractivity contribution is 0.408. The zero-order valence-corrected chi connectivity index (χ0v) is 9.60. The molecule has 2 rings (SSSR count). The number of hydrogen-bond acceptors (Lipinski definition) is 5. The molecule has 0 aliphatic heterocycles. The second-order valence-electron chi connectivity index (χ2n) is 3.34. The molecule has 0 unspecified atom stereocenters. The van der Waals surface area contributed by atoms with Crippen LogP contribution >= 0.6 is 11.3 Å². The smallest absolute Gasteiger partial charge is 0.124 e. The van der Waals surface area contributed by atoms with Crippen molar-refractivity contribution in [2.75, 3.05) is 0 Å². The number of nitrogens with one attached hydrogen (secondary N) is 1. The molecule has 4 nitrogen and oxygen atoms in total. The van der Waals surface area contributed by atoms with Gasteiger partial charge >= 0.3 is 0 Å². The molecular formula is C10H13N3OS. The molecule has 0 atom stereocenters. The Morgan fingerprint density at radius 2 is 2.27 bits per heavy atom. The molecule has 0 saturated heterocycles. The molecule has 0 fully saturated rings. The average molecular weight is 223 g/mol. The number of thiazole rings is 1. The van der Waals surface area contributed by atoms with Crippen LogP contribution in [0.5, 0.6) is 0 Å². The number of aryl methyl sites for hydroxylation is 2. The molecule has 2 heterocycles. The molecule has 0 aliphatic carbocycles. The minimum atomic E-state index is 0.729. The third-order valence-corrected chi connectivity index (χ3v) is 3.16. The Morgan fingerprint density at radius 1 is 1.40 bits per heavy atom. The van der Waals surface area contributed by atoms with Gasteiger partial charge in [-0.3, -0.25) is 0 Å². The Balaban J connectivity index is 1.86. The van der Waals surface area contributed by atoms with Gasteiger partial charge in [-0.25, -0.2) is 4.98 Å². The molecule has 80 valence electrons. The van der Waals surface area contributed by atoms with E-state index >= 15 is 0 Å². The minimum absolute atomic E-state index is 0.729. The van der Waals surface area contributed by atoms with Crippen molar-refractivity contribution < 1.29 is 4.52 Å². The van der Waals surface area contributed by atoms with Gasteiger partial charge in [0.1, 0.15) is 6.26 Å². The monoisotopic (exact) mass is 223 g/mol. The summed E-state index contributed by atoms with van der Waals surface area (Å²) in [5.74, 6) is 0. The Hall–Kier alpha value is -1.20. The molecule has 1 N–H and O–H groups in total. The second-order valence-corrected chi connectivity index (χ2v) is 4.62. The summed E-state index contributed by atoms with van der Waals surface area (Å²) in [5.41, 5.74) is 2.04. The van der Waals surface area contributed by atoms with Crippen LogP contribution in [0.15, 0.2) is 16.9 Å². The highest BCUT2D eigenvalue weighted by Gasteiger charge is 2.04. The third kappa shape index (κ3) is 2.64. The summed E-state index contributed by atoms with van der Waals surface area (Å²) in [6, 6.07) is 1.86. The molecule has 2 aromatic rings. The van der Waals surface area contributed by atoms with Crippen LogP contribution in [0.25, 0.3) is 0 Å². The zero-order valence-electron chi connectivity index (χ0n) is 8.78. The van der Waals surface area contributed by atoms with E-state index in [0.29, 0.717) is 0 Å². The van der Waals surface area contributed by atoms with E-state index in [0.717, 1.165) is 29.5 Å². The fraction of sp³-hybridized carbons (Fsp3) is 0.400. The second kappa shape index (κ2) is 4.55. The van der Waals surface area contributed by atoms with E-state index in [4.69, 9.17) is 4.52 Å². The van der Waals surface area contributed by atoms with E-state index in [2.05, 4.69) is 15.5 Å². The average Bonchev–Trinajstić information content (AvgIpc) is 2.77. The van der Waals surface area contributed by atoms with E-state index in [1.54, 1.807) is 17.6 Å². The molecule has 0 aromatic carbocycles. The third-order valence-electron chi connectivity index (χ3n) is 2.08. The lowest BCUT2D eigenvalue weighted by Crippen LogP contribution is -2.12. The number of rotatable bonds is 4. The van der Waals surface area contributed by atoms with E-state index in [-0.39, 0.29) is 0 Å². The molecule has 0 aliphatic rings. The van der Waals surface area contributed by atoms with Crippen LogP contribution in [0.3, 0.4) is 0 Å². The van der Waals surface area contributed by atoms with Crippen molar-refractivity contribution in [3.63, 3.8) is 0 Å². The van der Waals surface area contributed by atoms with Gasteiger partial charge in [-0.15, -0.1) is 11.3 Å². The standard InChI is InChI=1S/C10H13N3OS/c1-7-10(15-8(2)12-7)6-11-5-9-3-4-14-13-9/h3-4,11H,5-6H2,1-2H3. The number of aromatic nitrogens is 2. The van der Waals surface area contributed by atoms with Crippen LogP contribution in [0, 0.1) is 13.8 Å². The SMILES string of the molecule is Cc1nc(C)c(CNCc2ccon2)s1. The topological polar surface area (TPSA) is 51.0 Å². The largest absolute Gasteiger partial charge is 0.364 e. The fourth-order valence-electron chi connectivity index (χ4n) is 1.37. The zero-order chi connectivity index (χ0) is 10.7. The van der Waals surface area contributed by atoms with Crippen LogP contribution in [0.1, 0.15) is 21.3 Å². The first-order chi connectivity index (χ1) is 7.25. The summed E-state index contributed by atoms with van der Waals surface area (Å²) < 4.78 is 4.75. The lowest BCUT2D eigenvalue weighted by atomic mass is 10.3. The molecule has 5 heteroatoms. The Morgan fingerprint density at radius 3 is 2.87 bits per heavy atom. The highest BCUT2D eigenvalue weighted by atomic mass is 32.1. The van der Waals surface area contributed by atoms with Crippen molar-refractivity contribution in [1.29, 1.82) is 0 Å².